The van der Waals surface area contributed by atoms with Gasteiger partial charge >= 0.3 is 0 Å². The van der Waals surface area contributed by atoms with Gasteiger partial charge in [-0.3, -0.25) is 4.57 Å². The molecule has 1 aromatic heterocycles. The number of rotatable bonds is 2. The van der Waals surface area contributed by atoms with Gasteiger partial charge in [0.05, 0.1) is 22.6 Å². The van der Waals surface area contributed by atoms with Crippen LogP contribution in [-0.2, 0) is 5.88 Å². The number of benzene rings is 2. The van der Waals surface area contributed by atoms with Crippen LogP contribution in [-0.4, -0.2) is 9.55 Å². The van der Waals surface area contributed by atoms with Crippen molar-refractivity contribution in [2.24, 2.45) is 0 Å². The summed E-state index contributed by atoms with van der Waals surface area (Å²) in [6.45, 7) is 1.98. The van der Waals surface area contributed by atoms with E-state index in [0.717, 1.165) is 16.6 Å². The van der Waals surface area contributed by atoms with E-state index in [4.69, 9.17) is 23.2 Å². The largest absolute Gasteiger partial charge is 0.292 e. The first-order valence-corrected chi connectivity index (χ1v) is 7.01. The molecular weight excluding hydrogens is 298 g/mol. The van der Waals surface area contributed by atoms with E-state index >= 15 is 0 Å². The Morgan fingerprint density at radius 1 is 1.20 bits per heavy atom. The predicted octanol–water partition coefficient (Wildman–Crippen LogP) is 4.87. The van der Waals surface area contributed by atoms with Crippen LogP contribution in [0.25, 0.3) is 16.7 Å². The monoisotopic (exact) mass is 308 g/mol. The Balaban J connectivity index is 2.36. The number of aromatic nitrogens is 2. The molecule has 0 saturated carbocycles. The summed E-state index contributed by atoms with van der Waals surface area (Å²) in [5.41, 5.74) is 3.11. The van der Waals surface area contributed by atoms with Gasteiger partial charge in [-0.05, 0) is 42.8 Å². The zero-order chi connectivity index (χ0) is 14.3. The molecule has 2 aromatic carbocycles. The Morgan fingerprint density at radius 3 is 2.70 bits per heavy atom. The van der Waals surface area contributed by atoms with Crippen molar-refractivity contribution < 1.29 is 4.39 Å². The molecule has 0 N–H and O–H groups in total. The topological polar surface area (TPSA) is 17.8 Å². The van der Waals surface area contributed by atoms with Crippen LogP contribution in [0.1, 0.15) is 11.4 Å². The van der Waals surface area contributed by atoms with Crippen LogP contribution < -0.4 is 0 Å². The van der Waals surface area contributed by atoms with Crippen molar-refractivity contribution in [3.05, 3.63) is 58.6 Å². The van der Waals surface area contributed by atoms with Crippen LogP contribution in [0.5, 0.6) is 0 Å². The second kappa shape index (κ2) is 5.08. The van der Waals surface area contributed by atoms with E-state index in [2.05, 4.69) is 4.98 Å². The molecule has 0 amide bonds. The lowest BCUT2D eigenvalue weighted by atomic mass is 10.2. The molecule has 3 rings (SSSR count). The highest BCUT2D eigenvalue weighted by Crippen LogP contribution is 2.26. The number of halogens is 3. The van der Waals surface area contributed by atoms with Gasteiger partial charge in [0.25, 0.3) is 0 Å². The minimum Gasteiger partial charge on any atom is -0.292 e. The van der Waals surface area contributed by atoms with Crippen LogP contribution in [0.15, 0.2) is 36.4 Å². The Hall–Kier alpha value is -1.58. The van der Waals surface area contributed by atoms with Gasteiger partial charge in [-0.1, -0.05) is 17.7 Å². The molecule has 0 unspecified atom stereocenters. The molecule has 0 aliphatic heterocycles. The summed E-state index contributed by atoms with van der Waals surface area (Å²) in [5, 5.41) is 0.360. The second-order valence-electron chi connectivity index (χ2n) is 4.58. The summed E-state index contributed by atoms with van der Waals surface area (Å²) < 4.78 is 15.9. The molecule has 102 valence electrons. The lowest BCUT2D eigenvalue weighted by Crippen LogP contribution is -2.02. The van der Waals surface area contributed by atoms with Crippen LogP contribution in [0.4, 0.5) is 4.39 Å². The third-order valence-corrected chi connectivity index (χ3v) is 3.62. The number of nitrogens with zero attached hydrogens (tertiary/aromatic N) is 2. The fraction of sp³-hybridized carbons (Fsp3) is 0.133. The van der Waals surface area contributed by atoms with Gasteiger partial charge in [0.15, 0.2) is 0 Å². The van der Waals surface area contributed by atoms with E-state index in [9.17, 15) is 4.39 Å². The molecule has 20 heavy (non-hydrogen) atoms. The zero-order valence-corrected chi connectivity index (χ0v) is 12.2. The maximum absolute atomic E-state index is 14.2. The van der Waals surface area contributed by atoms with E-state index in [0.29, 0.717) is 16.5 Å². The summed E-state index contributed by atoms with van der Waals surface area (Å²) in [4.78, 5) is 4.44. The molecule has 0 saturated heterocycles. The van der Waals surface area contributed by atoms with Gasteiger partial charge in [0.2, 0.25) is 0 Å². The molecular formula is C15H11Cl2FN2. The highest BCUT2D eigenvalue weighted by molar-refractivity contribution is 6.30. The quantitative estimate of drug-likeness (QED) is 0.618. The average molecular weight is 309 g/mol. The fourth-order valence-corrected chi connectivity index (χ4v) is 2.59. The van der Waals surface area contributed by atoms with Crippen LogP contribution in [0, 0.1) is 12.7 Å². The third kappa shape index (κ3) is 2.17. The van der Waals surface area contributed by atoms with Gasteiger partial charge < -0.3 is 0 Å². The zero-order valence-electron chi connectivity index (χ0n) is 10.7. The minimum atomic E-state index is -0.398. The van der Waals surface area contributed by atoms with E-state index in [1.807, 2.05) is 25.1 Å². The first-order valence-electron chi connectivity index (χ1n) is 6.09. The summed E-state index contributed by atoms with van der Waals surface area (Å²) in [7, 11) is 0. The standard InChI is InChI=1S/C15H11Cl2FN2/c1-9-2-4-12-14(6-9)20(15(8-16)19-12)13-5-3-10(17)7-11(13)18/h2-7H,8H2,1H3. The Morgan fingerprint density at radius 2 is 2.00 bits per heavy atom. The van der Waals surface area contributed by atoms with Gasteiger partial charge in [-0.15, -0.1) is 11.6 Å². The smallest absolute Gasteiger partial charge is 0.148 e. The highest BCUT2D eigenvalue weighted by atomic mass is 35.5. The number of alkyl halides is 1. The predicted molar refractivity (Wildman–Crippen MR) is 80.3 cm³/mol. The minimum absolute atomic E-state index is 0.204. The van der Waals surface area contributed by atoms with E-state index in [1.165, 1.54) is 6.07 Å². The van der Waals surface area contributed by atoms with Gasteiger partial charge in [-0.2, -0.15) is 0 Å². The van der Waals surface area contributed by atoms with Crippen LogP contribution in [0.2, 0.25) is 5.02 Å². The number of fused-ring (bicyclic) bond motifs is 1. The number of hydrogen-bond donors (Lipinski definition) is 0. The van der Waals surface area contributed by atoms with Crippen LogP contribution >= 0.6 is 23.2 Å². The van der Waals surface area contributed by atoms with Gasteiger partial charge in [0.1, 0.15) is 11.6 Å². The van der Waals surface area contributed by atoms with Crippen molar-refractivity contribution in [3.63, 3.8) is 0 Å². The molecule has 0 radical (unpaired) electrons. The molecule has 0 aliphatic rings. The average Bonchev–Trinajstić information content (AvgIpc) is 2.76. The first kappa shape index (κ1) is 13.4. The van der Waals surface area contributed by atoms with Crippen molar-refractivity contribution in [3.8, 4) is 5.69 Å². The number of hydrogen-bond acceptors (Lipinski definition) is 1. The van der Waals surface area contributed by atoms with E-state index < -0.39 is 5.82 Å². The lowest BCUT2D eigenvalue weighted by Gasteiger charge is -2.09. The third-order valence-electron chi connectivity index (χ3n) is 3.15. The van der Waals surface area contributed by atoms with E-state index in [-0.39, 0.29) is 5.88 Å². The van der Waals surface area contributed by atoms with E-state index in [1.54, 1.807) is 16.7 Å². The van der Waals surface area contributed by atoms with Crippen molar-refractivity contribution >= 4 is 34.2 Å². The molecule has 0 atom stereocenters. The summed E-state index contributed by atoms with van der Waals surface area (Å²) in [5.74, 6) is 0.411. The molecule has 0 spiro atoms. The van der Waals surface area contributed by atoms with Gasteiger partial charge in [-0.25, -0.2) is 9.37 Å². The molecule has 0 fully saturated rings. The maximum Gasteiger partial charge on any atom is 0.148 e. The molecule has 0 aliphatic carbocycles. The Bertz CT molecular complexity index is 796. The molecule has 5 heteroatoms. The lowest BCUT2D eigenvalue weighted by molar-refractivity contribution is 0.618. The molecule has 1 heterocycles. The van der Waals surface area contributed by atoms with Crippen molar-refractivity contribution in [2.45, 2.75) is 12.8 Å². The first-order chi connectivity index (χ1) is 9.60. The SMILES string of the molecule is Cc1ccc2nc(CCl)n(-c3ccc(Cl)cc3F)c2c1. The summed E-state index contributed by atoms with van der Waals surface area (Å²) >= 11 is 11.7. The fourth-order valence-electron chi connectivity index (χ4n) is 2.26. The second-order valence-corrected chi connectivity index (χ2v) is 5.29. The molecule has 0 bridgehead atoms. The van der Waals surface area contributed by atoms with Gasteiger partial charge in [0, 0.05) is 5.02 Å². The summed E-state index contributed by atoms with van der Waals surface area (Å²) in [6, 6.07) is 10.4. The van der Waals surface area contributed by atoms with Crippen molar-refractivity contribution in [1.29, 1.82) is 0 Å². The maximum atomic E-state index is 14.2. The molecule has 2 nitrogen and oxygen atoms in total. The normalized spacial score (nSPS) is 11.2. The summed E-state index contributed by atoms with van der Waals surface area (Å²) in [6.07, 6.45) is 0. The number of aryl methyl sites for hydroxylation is 1. The van der Waals surface area contributed by atoms with Crippen molar-refractivity contribution in [1.82, 2.24) is 9.55 Å². The van der Waals surface area contributed by atoms with Crippen LogP contribution in [0.3, 0.4) is 0 Å². The number of imidazole rings is 1. The Labute approximate surface area is 125 Å². The van der Waals surface area contributed by atoms with Crippen molar-refractivity contribution in [2.75, 3.05) is 0 Å². The highest BCUT2D eigenvalue weighted by Gasteiger charge is 2.15. The molecule has 3 aromatic rings. The Kier molecular flexibility index (Phi) is 3.40.